The third-order valence-corrected chi connectivity index (χ3v) is 2.99. The van der Waals surface area contributed by atoms with E-state index in [1.165, 1.54) is 6.07 Å². The molecule has 0 aliphatic carbocycles. The number of rotatable bonds is 6. The van der Waals surface area contributed by atoms with Crippen LogP contribution in [0.5, 0.6) is 5.75 Å². The Morgan fingerprint density at radius 1 is 1.19 bits per heavy atom. The highest BCUT2D eigenvalue weighted by atomic mass is 19.1. The van der Waals surface area contributed by atoms with E-state index >= 15 is 0 Å². The molecule has 0 fully saturated rings. The first-order chi connectivity index (χ1) is 10.1. The average Bonchev–Trinajstić information content (AvgIpc) is 2.46. The van der Waals surface area contributed by atoms with Gasteiger partial charge in [0.15, 0.2) is 0 Å². The Hall–Kier alpha value is -2.14. The summed E-state index contributed by atoms with van der Waals surface area (Å²) in [6.07, 6.45) is -1.08. The Balaban J connectivity index is 2.05. The molecule has 2 aromatic rings. The van der Waals surface area contributed by atoms with Crippen molar-refractivity contribution in [3.63, 3.8) is 0 Å². The van der Waals surface area contributed by atoms with Crippen LogP contribution in [0.1, 0.15) is 18.6 Å². The molecule has 0 aliphatic heterocycles. The van der Waals surface area contributed by atoms with Crippen molar-refractivity contribution in [2.45, 2.75) is 13.0 Å². The van der Waals surface area contributed by atoms with Crippen LogP contribution in [0.2, 0.25) is 0 Å². The van der Waals surface area contributed by atoms with E-state index in [4.69, 9.17) is 4.74 Å². The summed E-state index contributed by atoms with van der Waals surface area (Å²) in [6, 6.07) is 10.4. The second-order valence-corrected chi connectivity index (χ2v) is 4.49. The number of para-hydroxylation sites is 2. The number of aliphatic hydroxyl groups excluding tert-OH is 1. The predicted octanol–water partition coefficient (Wildman–Crippen LogP) is 3.51. The summed E-state index contributed by atoms with van der Waals surface area (Å²) in [5.74, 6) is -0.771. The molecule has 1 atom stereocenters. The van der Waals surface area contributed by atoms with Crippen LogP contribution in [-0.4, -0.2) is 18.3 Å². The predicted molar refractivity (Wildman–Crippen MR) is 77.4 cm³/mol. The third kappa shape index (κ3) is 3.92. The summed E-state index contributed by atoms with van der Waals surface area (Å²) in [4.78, 5) is 0. The topological polar surface area (TPSA) is 41.5 Å². The Morgan fingerprint density at radius 2 is 1.95 bits per heavy atom. The van der Waals surface area contributed by atoms with Crippen molar-refractivity contribution in [3.05, 3.63) is 59.7 Å². The summed E-state index contributed by atoms with van der Waals surface area (Å²) in [7, 11) is 0. The molecule has 0 radical (unpaired) electrons. The van der Waals surface area contributed by atoms with Crippen LogP contribution in [0.4, 0.5) is 14.5 Å². The highest BCUT2D eigenvalue weighted by Crippen LogP contribution is 2.25. The van der Waals surface area contributed by atoms with Crippen LogP contribution in [0.3, 0.4) is 0 Å². The fraction of sp³-hybridized carbons (Fsp3) is 0.250. The lowest BCUT2D eigenvalue weighted by Crippen LogP contribution is -2.14. The molecule has 0 spiro atoms. The van der Waals surface area contributed by atoms with Crippen molar-refractivity contribution in [1.29, 1.82) is 0 Å². The molecule has 112 valence electrons. The number of ether oxygens (including phenoxy) is 1. The van der Waals surface area contributed by atoms with Crippen molar-refractivity contribution in [1.82, 2.24) is 0 Å². The maximum absolute atomic E-state index is 13.6. The minimum Gasteiger partial charge on any atom is -0.492 e. The van der Waals surface area contributed by atoms with Gasteiger partial charge in [-0.1, -0.05) is 18.2 Å². The average molecular weight is 293 g/mol. The fourth-order valence-corrected chi connectivity index (χ4v) is 1.98. The lowest BCUT2D eigenvalue weighted by atomic mass is 10.1. The quantitative estimate of drug-likeness (QED) is 0.856. The van der Waals surface area contributed by atoms with Gasteiger partial charge < -0.3 is 15.2 Å². The minimum atomic E-state index is -1.08. The molecule has 2 aromatic carbocycles. The molecule has 5 heteroatoms. The van der Waals surface area contributed by atoms with E-state index in [0.717, 1.165) is 12.1 Å². The summed E-state index contributed by atoms with van der Waals surface area (Å²) in [5.41, 5.74) is 0.763. The summed E-state index contributed by atoms with van der Waals surface area (Å²) < 4.78 is 31.9. The lowest BCUT2D eigenvalue weighted by Gasteiger charge is -2.16. The molecule has 3 nitrogen and oxygen atoms in total. The van der Waals surface area contributed by atoms with Crippen molar-refractivity contribution >= 4 is 5.69 Å². The van der Waals surface area contributed by atoms with Crippen LogP contribution in [0.25, 0.3) is 0 Å². The van der Waals surface area contributed by atoms with Gasteiger partial charge in [-0.05, 0) is 25.1 Å². The molecule has 2 rings (SSSR count). The highest BCUT2D eigenvalue weighted by Gasteiger charge is 2.14. The fourth-order valence-electron chi connectivity index (χ4n) is 1.98. The van der Waals surface area contributed by atoms with Gasteiger partial charge in [-0.2, -0.15) is 0 Å². The van der Waals surface area contributed by atoms with Crippen LogP contribution in [0, 0.1) is 11.6 Å². The van der Waals surface area contributed by atoms with E-state index in [0.29, 0.717) is 18.0 Å². The second kappa shape index (κ2) is 7.04. The molecule has 0 heterocycles. The van der Waals surface area contributed by atoms with E-state index in [2.05, 4.69) is 5.32 Å². The standard InChI is InChI=1S/C16H17F2NO2/c1-2-21-16-6-4-3-5-14(16)19-10-15(20)12-8-7-11(17)9-13(12)18/h3-9,15,19-20H,2,10H2,1H3. The molecule has 0 aliphatic rings. The van der Waals surface area contributed by atoms with Gasteiger partial charge in [0.05, 0.1) is 18.4 Å². The van der Waals surface area contributed by atoms with Crippen molar-refractivity contribution in [2.24, 2.45) is 0 Å². The third-order valence-electron chi connectivity index (χ3n) is 2.99. The maximum Gasteiger partial charge on any atom is 0.142 e. The molecule has 0 saturated carbocycles. The normalized spacial score (nSPS) is 12.0. The van der Waals surface area contributed by atoms with Gasteiger partial charge in [-0.25, -0.2) is 8.78 Å². The van der Waals surface area contributed by atoms with Crippen molar-refractivity contribution in [3.8, 4) is 5.75 Å². The zero-order chi connectivity index (χ0) is 15.2. The number of aliphatic hydroxyl groups is 1. The number of hydrogen-bond donors (Lipinski definition) is 2. The van der Waals surface area contributed by atoms with Crippen LogP contribution in [-0.2, 0) is 0 Å². The summed E-state index contributed by atoms with van der Waals surface area (Å²) >= 11 is 0. The minimum absolute atomic E-state index is 0.0535. The zero-order valence-electron chi connectivity index (χ0n) is 11.6. The molecule has 2 N–H and O–H groups in total. The molecular weight excluding hydrogens is 276 g/mol. The Kier molecular flexibility index (Phi) is 5.11. The highest BCUT2D eigenvalue weighted by molar-refractivity contribution is 5.56. The van der Waals surface area contributed by atoms with Crippen LogP contribution >= 0.6 is 0 Å². The van der Waals surface area contributed by atoms with E-state index in [1.807, 2.05) is 19.1 Å². The van der Waals surface area contributed by atoms with Crippen LogP contribution in [0.15, 0.2) is 42.5 Å². The number of benzene rings is 2. The molecule has 1 unspecified atom stereocenters. The number of halogens is 2. The van der Waals surface area contributed by atoms with E-state index in [-0.39, 0.29) is 12.1 Å². The first-order valence-corrected chi connectivity index (χ1v) is 6.70. The molecule has 0 bridgehead atoms. The van der Waals surface area contributed by atoms with Crippen molar-refractivity contribution in [2.75, 3.05) is 18.5 Å². The molecule has 0 amide bonds. The Morgan fingerprint density at radius 3 is 2.67 bits per heavy atom. The van der Waals surface area contributed by atoms with Crippen LogP contribution < -0.4 is 10.1 Å². The molecule has 21 heavy (non-hydrogen) atoms. The molecule has 0 aromatic heterocycles. The first kappa shape index (κ1) is 15.3. The first-order valence-electron chi connectivity index (χ1n) is 6.70. The van der Waals surface area contributed by atoms with Gasteiger partial charge >= 0.3 is 0 Å². The van der Waals surface area contributed by atoms with Gasteiger partial charge in [0, 0.05) is 18.2 Å². The Bertz CT molecular complexity index is 605. The van der Waals surface area contributed by atoms with Gasteiger partial charge in [0.25, 0.3) is 0 Å². The van der Waals surface area contributed by atoms with Crippen molar-refractivity contribution < 1.29 is 18.6 Å². The number of hydrogen-bond acceptors (Lipinski definition) is 3. The zero-order valence-corrected chi connectivity index (χ0v) is 11.6. The smallest absolute Gasteiger partial charge is 0.142 e. The monoisotopic (exact) mass is 293 g/mol. The number of nitrogens with one attached hydrogen (secondary N) is 1. The van der Waals surface area contributed by atoms with Gasteiger partial charge in [0.2, 0.25) is 0 Å². The second-order valence-electron chi connectivity index (χ2n) is 4.49. The number of anilines is 1. The van der Waals surface area contributed by atoms with Gasteiger partial charge in [-0.3, -0.25) is 0 Å². The largest absolute Gasteiger partial charge is 0.492 e. The summed E-state index contributed by atoms with van der Waals surface area (Å²) in [6.45, 7) is 2.49. The Labute approximate surface area is 122 Å². The molecule has 0 saturated heterocycles. The van der Waals surface area contributed by atoms with E-state index in [1.54, 1.807) is 12.1 Å². The van der Waals surface area contributed by atoms with E-state index in [9.17, 15) is 13.9 Å². The van der Waals surface area contributed by atoms with E-state index < -0.39 is 17.7 Å². The maximum atomic E-state index is 13.6. The SMILES string of the molecule is CCOc1ccccc1NCC(O)c1ccc(F)cc1F. The van der Waals surface area contributed by atoms with Gasteiger partial charge in [0.1, 0.15) is 17.4 Å². The lowest BCUT2D eigenvalue weighted by molar-refractivity contribution is 0.186. The van der Waals surface area contributed by atoms with Gasteiger partial charge in [-0.15, -0.1) is 0 Å². The summed E-state index contributed by atoms with van der Waals surface area (Å²) in [5, 5.41) is 13.0. The molecular formula is C16H17F2NO2.